The Labute approximate surface area is 181 Å². The van der Waals surface area contributed by atoms with Crippen LogP contribution in [0.1, 0.15) is 5.56 Å². The average molecular weight is 438 g/mol. The van der Waals surface area contributed by atoms with E-state index in [0.717, 1.165) is 4.57 Å². The lowest BCUT2D eigenvalue weighted by Gasteiger charge is -2.15. The summed E-state index contributed by atoms with van der Waals surface area (Å²) in [4.78, 5) is 38.9. The van der Waals surface area contributed by atoms with Crippen LogP contribution in [0.2, 0.25) is 5.02 Å². The van der Waals surface area contributed by atoms with Crippen molar-refractivity contribution in [1.82, 2.24) is 14.5 Å². The fourth-order valence-corrected chi connectivity index (χ4v) is 3.54. The van der Waals surface area contributed by atoms with Crippen molar-refractivity contribution in [3.05, 3.63) is 110 Å². The fraction of sp³-hybridized carbons (Fsp3) is 0.0870. The topological polar surface area (TPSA) is 73.1 Å². The van der Waals surface area contributed by atoms with Crippen LogP contribution in [0.5, 0.6) is 0 Å². The molecule has 4 rings (SSSR count). The molecule has 3 aromatic carbocycles. The zero-order valence-corrected chi connectivity index (χ0v) is 17.0. The van der Waals surface area contributed by atoms with Crippen molar-refractivity contribution >= 4 is 28.4 Å². The molecule has 31 heavy (non-hydrogen) atoms. The van der Waals surface area contributed by atoms with Crippen molar-refractivity contribution in [3.63, 3.8) is 0 Å². The van der Waals surface area contributed by atoms with Crippen molar-refractivity contribution < 1.29 is 9.18 Å². The Morgan fingerprint density at radius 1 is 0.935 bits per heavy atom. The third-order valence-electron chi connectivity index (χ3n) is 4.85. The summed E-state index contributed by atoms with van der Waals surface area (Å²) in [5.41, 5.74) is 0.113. The number of carbonyl (C=O) groups excluding carboxylic acids is 1. The van der Waals surface area contributed by atoms with Crippen LogP contribution in [0.4, 0.5) is 4.39 Å². The lowest BCUT2D eigenvalue weighted by atomic mass is 10.2. The maximum Gasteiger partial charge on any atom is 0.336 e. The van der Waals surface area contributed by atoms with Gasteiger partial charge < -0.3 is 5.32 Å². The maximum atomic E-state index is 13.2. The Hall–Kier alpha value is -3.71. The number of carbonyl (C=O) groups is 1. The van der Waals surface area contributed by atoms with Crippen LogP contribution in [-0.2, 0) is 17.9 Å². The molecule has 0 aliphatic heterocycles. The molecular formula is C23H17ClFN3O3. The summed E-state index contributed by atoms with van der Waals surface area (Å²) in [5, 5.41) is 3.24. The number of amides is 1. The number of halogens is 2. The van der Waals surface area contributed by atoms with Crippen molar-refractivity contribution in [3.8, 4) is 5.69 Å². The number of hydrogen-bond donors (Lipinski definition) is 1. The zero-order chi connectivity index (χ0) is 22.0. The molecule has 6 nitrogen and oxygen atoms in total. The second kappa shape index (κ2) is 8.57. The number of fused-ring (bicyclic) bond motifs is 1. The SMILES string of the molecule is O=C(Cn1c(=O)n(-c2ccccc2Cl)c(=O)c2ccccc21)NCc1ccc(F)cc1. The number of benzene rings is 3. The molecule has 0 aliphatic carbocycles. The summed E-state index contributed by atoms with van der Waals surface area (Å²) in [6.45, 7) is -0.124. The van der Waals surface area contributed by atoms with Gasteiger partial charge in [0.1, 0.15) is 12.4 Å². The number of aromatic nitrogens is 2. The first-order chi connectivity index (χ1) is 15.0. The Morgan fingerprint density at radius 2 is 1.61 bits per heavy atom. The van der Waals surface area contributed by atoms with E-state index in [0.29, 0.717) is 11.1 Å². The van der Waals surface area contributed by atoms with Gasteiger partial charge in [0.2, 0.25) is 5.91 Å². The fourth-order valence-electron chi connectivity index (χ4n) is 3.32. The molecule has 1 amide bonds. The molecule has 0 spiro atoms. The van der Waals surface area contributed by atoms with E-state index in [2.05, 4.69) is 5.32 Å². The highest BCUT2D eigenvalue weighted by Gasteiger charge is 2.17. The molecule has 0 saturated carbocycles. The summed E-state index contributed by atoms with van der Waals surface area (Å²) in [7, 11) is 0. The normalized spacial score (nSPS) is 10.9. The molecule has 8 heteroatoms. The van der Waals surface area contributed by atoms with E-state index in [1.54, 1.807) is 60.7 Å². The maximum absolute atomic E-state index is 13.2. The van der Waals surface area contributed by atoms with Crippen LogP contribution >= 0.6 is 11.6 Å². The predicted molar refractivity (Wildman–Crippen MR) is 117 cm³/mol. The Balaban J connectivity index is 1.74. The van der Waals surface area contributed by atoms with Gasteiger partial charge in [-0.1, -0.05) is 48.0 Å². The predicted octanol–water partition coefficient (Wildman–Crippen LogP) is 3.26. The second-order valence-corrected chi connectivity index (χ2v) is 7.29. The molecule has 0 bridgehead atoms. The van der Waals surface area contributed by atoms with E-state index >= 15 is 0 Å². The van der Waals surface area contributed by atoms with Crippen LogP contribution in [0.3, 0.4) is 0 Å². The minimum Gasteiger partial charge on any atom is -0.350 e. The van der Waals surface area contributed by atoms with E-state index in [-0.39, 0.29) is 35.0 Å². The number of nitrogens with zero attached hydrogens (tertiary/aromatic N) is 2. The largest absolute Gasteiger partial charge is 0.350 e. The van der Waals surface area contributed by atoms with E-state index in [9.17, 15) is 18.8 Å². The van der Waals surface area contributed by atoms with Gasteiger partial charge in [-0.25, -0.2) is 13.8 Å². The van der Waals surface area contributed by atoms with Gasteiger partial charge in [0.05, 0.1) is 21.6 Å². The van der Waals surface area contributed by atoms with Crippen LogP contribution in [-0.4, -0.2) is 15.0 Å². The highest BCUT2D eigenvalue weighted by Crippen LogP contribution is 2.18. The van der Waals surface area contributed by atoms with Gasteiger partial charge in [-0.05, 0) is 42.0 Å². The molecule has 0 unspecified atom stereocenters. The molecule has 156 valence electrons. The minimum atomic E-state index is -0.672. The number of para-hydroxylation sites is 2. The molecular weight excluding hydrogens is 421 g/mol. The summed E-state index contributed by atoms with van der Waals surface area (Å²) in [6.07, 6.45) is 0. The minimum absolute atomic E-state index is 0.177. The Bertz CT molecular complexity index is 1390. The summed E-state index contributed by atoms with van der Waals surface area (Å²) in [5.74, 6) is -0.795. The lowest BCUT2D eigenvalue weighted by molar-refractivity contribution is -0.121. The summed E-state index contributed by atoms with van der Waals surface area (Å²) >= 11 is 6.23. The third kappa shape index (κ3) is 4.13. The van der Waals surface area contributed by atoms with Gasteiger partial charge in [-0.3, -0.25) is 14.2 Å². The van der Waals surface area contributed by atoms with Gasteiger partial charge in [-0.2, -0.15) is 0 Å². The summed E-state index contributed by atoms with van der Waals surface area (Å²) in [6, 6.07) is 18.8. The summed E-state index contributed by atoms with van der Waals surface area (Å²) < 4.78 is 15.2. The van der Waals surface area contributed by atoms with Gasteiger partial charge in [0, 0.05) is 6.54 Å². The van der Waals surface area contributed by atoms with Crippen molar-refractivity contribution in [2.45, 2.75) is 13.1 Å². The van der Waals surface area contributed by atoms with Crippen LogP contribution < -0.4 is 16.6 Å². The van der Waals surface area contributed by atoms with E-state index in [4.69, 9.17) is 11.6 Å². The monoisotopic (exact) mass is 437 g/mol. The molecule has 1 N–H and O–H groups in total. The molecule has 0 atom stereocenters. The van der Waals surface area contributed by atoms with Crippen LogP contribution in [0, 0.1) is 5.82 Å². The zero-order valence-electron chi connectivity index (χ0n) is 16.2. The lowest BCUT2D eigenvalue weighted by Crippen LogP contribution is -2.41. The standard InChI is InChI=1S/C23H17ClFN3O3/c24-18-6-2-4-8-20(18)28-22(30)17-5-1-3-7-19(17)27(23(28)31)14-21(29)26-13-15-9-11-16(25)12-10-15/h1-12H,13-14H2,(H,26,29). The number of hydrogen-bond acceptors (Lipinski definition) is 3. The number of rotatable bonds is 5. The highest BCUT2D eigenvalue weighted by molar-refractivity contribution is 6.32. The van der Waals surface area contributed by atoms with Gasteiger partial charge in [0.15, 0.2) is 0 Å². The van der Waals surface area contributed by atoms with Crippen LogP contribution in [0.25, 0.3) is 16.6 Å². The Morgan fingerprint density at radius 3 is 2.35 bits per heavy atom. The number of nitrogens with one attached hydrogen (secondary N) is 1. The van der Waals surface area contributed by atoms with Crippen molar-refractivity contribution in [2.24, 2.45) is 0 Å². The molecule has 4 aromatic rings. The first kappa shape index (κ1) is 20.6. The quantitative estimate of drug-likeness (QED) is 0.521. The van der Waals surface area contributed by atoms with Crippen molar-refractivity contribution in [2.75, 3.05) is 0 Å². The average Bonchev–Trinajstić information content (AvgIpc) is 2.77. The second-order valence-electron chi connectivity index (χ2n) is 6.88. The molecule has 0 saturated heterocycles. The molecule has 1 heterocycles. The first-order valence-corrected chi connectivity index (χ1v) is 9.84. The molecule has 0 fully saturated rings. The highest BCUT2D eigenvalue weighted by atomic mass is 35.5. The Kier molecular flexibility index (Phi) is 5.68. The van der Waals surface area contributed by atoms with Gasteiger partial charge in [0.25, 0.3) is 5.56 Å². The van der Waals surface area contributed by atoms with Crippen LogP contribution in [0.15, 0.2) is 82.4 Å². The van der Waals surface area contributed by atoms with E-state index < -0.39 is 17.2 Å². The van der Waals surface area contributed by atoms with Crippen molar-refractivity contribution in [1.29, 1.82) is 0 Å². The molecule has 0 radical (unpaired) electrons. The first-order valence-electron chi connectivity index (χ1n) is 9.46. The van der Waals surface area contributed by atoms with E-state index in [1.807, 2.05) is 0 Å². The molecule has 1 aromatic heterocycles. The molecule has 0 aliphatic rings. The third-order valence-corrected chi connectivity index (χ3v) is 5.17. The van der Waals surface area contributed by atoms with Gasteiger partial charge in [-0.15, -0.1) is 0 Å². The van der Waals surface area contributed by atoms with E-state index in [1.165, 1.54) is 16.7 Å². The smallest absolute Gasteiger partial charge is 0.336 e. The van der Waals surface area contributed by atoms with Gasteiger partial charge >= 0.3 is 5.69 Å².